The van der Waals surface area contributed by atoms with Gasteiger partial charge in [-0.05, 0) is 100 Å². The summed E-state index contributed by atoms with van der Waals surface area (Å²) in [6.07, 6.45) is -4.00. The lowest BCUT2D eigenvalue weighted by molar-refractivity contribution is -0.138. The molecule has 2 aromatic carbocycles. The zero-order valence-corrected chi connectivity index (χ0v) is 35.2. The summed E-state index contributed by atoms with van der Waals surface area (Å²) in [5.41, 5.74) is -0.735. The van der Waals surface area contributed by atoms with E-state index in [-0.39, 0.29) is 53.2 Å². The van der Waals surface area contributed by atoms with E-state index in [9.17, 15) is 37.9 Å². The van der Waals surface area contributed by atoms with Crippen LogP contribution in [0.3, 0.4) is 0 Å². The van der Waals surface area contributed by atoms with Crippen LogP contribution >= 0.6 is 12.2 Å². The molecule has 60 heavy (non-hydrogen) atoms. The summed E-state index contributed by atoms with van der Waals surface area (Å²) in [4.78, 5) is 49.3. The van der Waals surface area contributed by atoms with Crippen molar-refractivity contribution in [3.8, 4) is 11.8 Å². The topological polar surface area (TPSA) is 166 Å². The molecule has 4 N–H and O–H groups in total. The van der Waals surface area contributed by atoms with Crippen molar-refractivity contribution < 1.29 is 37.4 Å². The number of thiocarbonyl (C=S) groups is 1. The number of hydrogen-bond donors (Lipinski definition) is 4. The number of piperazine rings is 1. The van der Waals surface area contributed by atoms with Crippen molar-refractivity contribution >= 4 is 57.8 Å². The molecule has 0 aliphatic carbocycles. The van der Waals surface area contributed by atoms with Gasteiger partial charge in [0.25, 0.3) is 5.91 Å². The van der Waals surface area contributed by atoms with Crippen LogP contribution < -0.4 is 30.5 Å². The molecule has 3 saturated heterocycles. The van der Waals surface area contributed by atoms with Crippen LogP contribution in [0.5, 0.6) is 5.75 Å². The van der Waals surface area contributed by atoms with Gasteiger partial charge in [-0.25, -0.2) is 4.98 Å². The molecule has 320 valence electrons. The van der Waals surface area contributed by atoms with Crippen molar-refractivity contribution in [1.82, 2.24) is 20.1 Å². The van der Waals surface area contributed by atoms with E-state index in [0.29, 0.717) is 43.1 Å². The average molecular weight is 850 g/mol. The molecule has 0 spiro atoms. The maximum atomic E-state index is 13.8. The fourth-order valence-corrected chi connectivity index (χ4v) is 8.56. The minimum absolute atomic E-state index is 0.00520. The van der Waals surface area contributed by atoms with Crippen LogP contribution in [0.1, 0.15) is 77.1 Å². The SMILES string of the molecule is CC(C)c1cc(N2C(=S)N(c3cnc(C#N)c(C(F)(F)F)c3)C(=O)C2(C)C)ccc1OCCN1C[C@@H](C)N(CC(=O)Nc2cccc(NC3CCC(=O)NC3O)c2)[C@@H](C)C1. The fraction of sp³-hybridized carbons (Fsp3) is 0.476. The fourth-order valence-electron chi connectivity index (χ4n) is 8.04. The number of carbonyl (C=O) groups excluding carboxylic acids is 3. The van der Waals surface area contributed by atoms with E-state index in [1.807, 2.05) is 38.1 Å². The van der Waals surface area contributed by atoms with E-state index in [2.05, 4.69) is 44.6 Å². The Kier molecular flexibility index (Phi) is 13.0. The number of amides is 3. The van der Waals surface area contributed by atoms with Gasteiger partial charge < -0.3 is 30.7 Å². The number of piperidine rings is 1. The Morgan fingerprint density at radius 1 is 1.10 bits per heavy atom. The highest BCUT2D eigenvalue weighted by Crippen LogP contribution is 2.41. The molecule has 4 heterocycles. The second kappa shape index (κ2) is 17.7. The van der Waals surface area contributed by atoms with E-state index in [0.717, 1.165) is 41.5 Å². The molecule has 3 amide bonds. The molecule has 0 saturated carbocycles. The van der Waals surface area contributed by atoms with Gasteiger partial charge in [-0.1, -0.05) is 19.9 Å². The summed E-state index contributed by atoms with van der Waals surface area (Å²) in [5, 5.41) is 28.1. The minimum Gasteiger partial charge on any atom is -0.492 e. The van der Waals surface area contributed by atoms with Crippen LogP contribution in [0, 0.1) is 11.3 Å². The van der Waals surface area contributed by atoms with E-state index < -0.39 is 35.1 Å². The van der Waals surface area contributed by atoms with Crippen LogP contribution in [-0.2, 0) is 20.6 Å². The Balaban J connectivity index is 1.05. The number of ether oxygens (including phenoxy) is 1. The van der Waals surface area contributed by atoms with Crippen molar-refractivity contribution in [2.24, 2.45) is 0 Å². The van der Waals surface area contributed by atoms with Crippen molar-refractivity contribution in [1.29, 1.82) is 5.26 Å². The molecule has 1 aromatic heterocycles. The van der Waals surface area contributed by atoms with Gasteiger partial charge in [-0.3, -0.25) is 29.1 Å². The number of nitrogens with one attached hydrogen (secondary N) is 3. The molecule has 0 bridgehead atoms. The van der Waals surface area contributed by atoms with E-state index in [1.54, 1.807) is 36.9 Å². The van der Waals surface area contributed by atoms with Crippen LogP contribution in [0.4, 0.5) is 35.9 Å². The third kappa shape index (κ3) is 9.49. The first-order chi connectivity index (χ1) is 28.3. The summed E-state index contributed by atoms with van der Waals surface area (Å²) in [5.74, 6) is -0.215. The standard InChI is InChI=1S/C42H50F3N9O5S/c1-24(2)31-17-29(54-40(60)53(39(58)41(54,5)6)30-18-32(42(43,44)45)34(19-46)47-20-30)10-12-35(31)59-15-14-51-21-25(3)52(26(4)22-51)23-37(56)49-28-9-7-8-27(16-28)48-33-11-13-36(55)50-38(33)57/h7-10,12,16-18,20,24-26,33,38,48,57H,11,13-15,21-23H2,1-6H3,(H,49,56)(H,50,55)/t25-,26+,33?,38?. The van der Waals surface area contributed by atoms with E-state index in [1.165, 1.54) is 6.07 Å². The number of rotatable bonds is 12. The number of hydrogen-bond acceptors (Lipinski definition) is 11. The average Bonchev–Trinajstić information content (AvgIpc) is 3.35. The van der Waals surface area contributed by atoms with Gasteiger partial charge in [-0.15, -0.1) is 0 Å². The zero-order chi connectivity index (χ0) is 43.7. The van der Waals surface area contributed by atoms with Crippen LogP contribution in [0.15, 0.2) is 54.7 Å². The number of aromatic nitrogens is 1. The number of aliphatic hydroxyl groups is 1. The van der Waals surface area contributed by atoms with Crippen molar-refractivity contribution in [3.63, 3.8) is 0 Å². The highest BCUT2D eigenvalue weighted by atomic mass is 32.1. The molecule has 3 aliphatic heterocycles. The summed E-state index contributed by atoms with van der Waals surface area (Å²) in [6, 6.07) is 14.7. The number of nitriles is 1. The first kappa shape index (κ1) is 44.2. The van der Waals surface area contributed by atoms with Crippen LogP contribution in [0.25, 0.3) is 0 Å². The van der Waals surface area contributed by atoms with Gasteiger partial charge in [0, 0.05) is 55.2 Å². The van der Waals surface area contributed by atoms with Gasteiger partial charge in [0.05, 0.1) is 30.0 Å². The van der Waals surface area contributed by atoms with Crippen LogP contribution in [-0.4, -0.2) is 105 Å². The molecule has 0 radical (unpaired) electrons. The van der Waals surface area contributed by atoms with Gasteiger partial charge in [0.15, 0.2) is 10.8 Å². The van der Waals surface area contributed by atoms with Crippen molar-refractivity contribution in [2.45, 2.75) is 96.4 Å². The predicted molar refractivity (Wildman–Crippen MR) is 225 cm³/mol. The molecule has 3 fully saturated rings. The Bertz CT molecular complexity index is 2170. The normalized spacial score (nSPS) is 22.5. The Labute approximate surface area is 352 Å². The molecule has 14 nitrogen and oxygen atoms in total. The molecule has 3 aromatic rings. The van der Waals surface area contributed by atoms with Crippen molar-refractivity contribution in [2.75, 3.05) is 53.2 Å². The number of anilines is 4. The first-order valence-corrected chi connectivity index (χ1v) is 20.2. The number of carbonyl (C=O) groups is 3. The molecular weight excluding hydrogens is 800 g/mol. The van der Waals surface area contributed by atoms with Gasteiger partial charge in [-0.2, -0.15) is 18.4 Å². The Hall–Kier alpha value is -5.35. The van der Waals surface area contributed by atoms with Gasteiger partial charge in [0.2, 0.25) is 11.8 Å². The third-order valence-corrected chi connectivity index (χ3v) is 11.5. The lowest BCUT2D eigenvalue weighted by Crippen LogP contribution is -2.58. The second-order valence-corrected chi connectivity index (χ2v) is 16.7. The third-order valence-electron chi connectivity index (χ3n) is 11.1. The summed E-state index contributed by atoms with van der Waals surface area (Å²) in [6.45, 7) is 14.2. The monoisotopic (exact) mass is 849 g/mol. The molecule has 6 rings (SSSR count). The largest absolute Gasteiger partial charge is 0.492 e. The van der Waals surface area contributed by atoms with E-state index in [4.69, 9.17) is 17.0 Å². The summed E-state index contributed by atoms with van der Waals surface area (Å²) < 4.78 is 47.7. The Morgan fingerprint density at radius 2 is 1.80 bits per heavy atom. The number of nitrogens with zero attached hydrogens (tertiary/aromatic N) is 6. The zero-order valence-electron chi connectivity index (χ0n) is 34.3. The van der Waals surface area contributed by atoms with Crippen LogP contribution in [0.2, 0.25) is 0 Å². The number of pyridine rings is 1. The molecule has 2 unspecified atom stereocenters. The first-order valence-electron chi connectivity index (χ1n) is 19.8. The molecule has 3 aliphatic rings. The Morgan fingerprint density at radius 3 is 2.45 bits per heavy atom. The molecule has 18 heteroatoms. The molecule has 4 atom stereocenters. The second-order valence-electron chi connectivity index (χ2n) is 16.3. The number of aliphatic hydroxyl groups excluding tert-OH is 1. The smallest absolute Gasteiger partial charge is 0.419 e. The highest BCUT2D eigenvalue weighted by Gasteiger charge is 2.51. The minimum atomic E-state index is -4.86. The lowest BCUT2D eigenvalue weighted by atomic mass is 9.98. The van der Waals surface area contributed by atoms with E-state index >= 15 is 0 Å². The van der Waals surface area contributed by atoms with Crippen molar-refractivity contribution in [3.05, 3.63) is 71.5 Å². The van der Waals surface area contributed by atoms with Gasteiger partial charge in [0.1, 0.15) is 30.2 Å². The van der Waals surface area contributed by atoms with Gasteiger partial charge >= 0.3 is 6.18 Å². The molecular formula is C42H50F3N9O5S. The lowest BCUT2D eigenvalue weighted by Gasteiger charge is -2.44. The number of alkyl halides is 3. The predicted octanol–water partition coefficient (Wildman–Crippen LogP) is 5.43. The highest BCUT2D eigenvalue weighted by molar-refractivity contribution is 7.81. The maximum Gasteiger partial charge on any atom is 0.419 e. The quantitative estimate of drug-likeness (QED) is 0.171. The number of benzene rings is 2. The maximum absolute atomic E-state index is 13.8. The summed E-state index contributed by atoms with van der Waals surface area (Å²) >= 11 is 5.72. The summed E-state index contributed by atoms with van der Waals surface area (Å²) in [7, 11) is 0. The number of halogens is 3.